The highest BCUT2D eigenvalue weighted by atomic mass is 16.2. The summed E-state index contributed by atoms with van der Waals surface area (Å²) in [6.45, 7) is 4.42. The smallest absolute Gasteiger partial charge is 0.255 e. The lowest BCUT2D eigenvalue weighted by Crippen LogP contribution is -2.36. The zero-order valence-electron chi connectivity index (χ0n) is 15.1. The minimum absolute atomic E-state index is 0.00309. The van der Waals surface area contributed by atoms with Gasteiger partial charge in [-0.2, -0.15) is 0 Å². The van der Waals surface area contributed by atoms with Gasteiger partial charge in [0.2, 0.25) is 5.91 Å². The van der Waals surface area contributed by atoms with Crippen molar-refractivity contribution in [3.8, 4) is 0 Å². The zero-order chi connectivity index (χ0) is 18.4. The van der Waals surface area contributed by atoms with Crippen molar-refractivity contribution in [2.24, 2.45) is 0 Å². The zero-order valence-corrected chi connectivity index (χ0v) is 15.1. The molecule has 0 spiro atoms. The van der Waals surface area contributed by atoms with Gasteiger partial charge in [0.1, 0.15) is 0 Å². The number of rotatable bonds is 5. The molecule has 0 aliphatic carbocycles. The number of aryl methyl sites for hydroxylation is 1. The van der Waals surface area contributed by atoms with Crippen LogP contribution in [0.1, 0.15) is 35.2 Å². The molecule has 5 heteroatoms. The fourth-order valence-corrected chi connectivity index (χ4v) is 3.07. The van der Waals surface area contributed by atoms with E-state index in [1.165, 1.54) is 19.3 Å². The second-order valence-corrected chi connectivity index (χ2v) is 6.78. The highest BCUT2D eigenvalue weighted by Crippen LogP contribution is 2.15. The molecule has 1 saturated heterocycles. The number of nitrogens with one attached hydrogen (secondary N) is 2. The summed E-state index contributed by atoms with van der Waals surface area (Å²) in [5, 5.41) is 5.78. The Labute approximate surface area is 154 Å². The van der Waals surface area contributed by atoms with E-state index in [1.54, 1.807) is 36.4 Å². The Kier molecular flexibility index (Phi) is 6.02. The van der Waals surface area contributed by atoms with Crippen molar-refractivity contribution in [1.82, 2.24) is 4.90 Å². The lowest BCUT2D eigenvalue weighted by atomic mass is 10.1. The maximum atomic E-state index is 12.2. The topological polar surface area (TPSA) is 61.4 Å². The summed E-state index contributed by atoms with van der Waals surface area (Å²) in [7, 11) is 0. The third-order valence-corrected chi connectivity index (χ3v) is 4.56. The van der Waals surface area contributed by atoms with Crippen molar-refractivity contribution < 1.29 is 9.59 Å². The van der Waals surface area contributed by atoms with Crippen LogP contribution < -0.4 is 10.6 Å². The molecular weight excluding hydrogens is 326 g/mol. The van der Waals surface area contributed by atoms with Crippen LogP contribution in [0.2, 0.25) is 0 Å². The minimum Gasteiger partial charge on any atom is -0.325 e. The van der Waals surface area contributed by atoms with Crippen LogP contribution in [0.3, 0.4) is 0 Å². The number of nitrogens with zero attached hydrogens (tertiary/aromatic N) is 1. The second kappa shape index (κ2) is 8.63. The Morgan fingerprint density at radius 3 is 2.04 bits per heavy atom. The maximum absolute atomic E-state index is 12.2. The SMILES string of the molecule is Cc1ccc(C(=O)Nc2ccc(NC(=O)CN3CCCCC3)cc2)cc1. The van der Waals surface area contributed by atoms with Gasteiger partial charge in [0.25, 0.3) is 5.91 Å². The number of likely N-dealkylation sites (tertiary alicyclic amines) is 1. The number of anilines is 2. The third-order valence-electron chi connectivity index (χ3n) is 4.56. The molecule has 1 fully saturated rings. The molecular formula is C21H25N3O2. The lowest BCUT2D eigenvalue weighted by molar-refractivity contribution is -0.117. The van der Waals surface area contributed by atoms with Crippen molar-refractivity contribution in [1.29, 1.82) is 0 Å². The van der Waals surface area contributed by atoms with Crippen LogP contribution in [0, 0.1) is 6.92 Å². The quantitative estimate of drug-likeness (QED) is 0.864. The van der Waals surface area contributed by atoms with E-state index in [0.717, 1.165) is 24.3 Å². The number of carbonyl (C=O) groups is 2. The number of benzene rings is 2. The summed E-state index contributed by atoms with van der Waals surface area (Å²) >= 11 is 0. The molecule has 0 atom stereocenters. The van der Waals surface area contributed by atoms with Gasteiger partial charge in [-0.15, -0.1) is 0 Å². The second-order valence-electron chi connectivity index (χ2n) is 6.78. The van der Waals surface area contributed by atoms with E-state index in [-0.39, 0.29) is 11.8 Å². The van der Waals surface area contributed by atoms with Crippen LogP contribution in [-0.4, -0.2) is 36.3 Å². The van der Waals surface area contributed by atoms with Gasteiger partial charge < -0.3 is 10.6 Å². The molecule has 2 N–H and O–H groups in total. The van der Waals surface area contributed by atoms with Gasteiger partial charge in [-0.3, -0.25) is 14.5 Å². The Bertz CT molecular complexity index is 748. The first-order chi connectivity index (χ1) is 12.6. The van der Waals surface area contributed by atoms with Gasteiger partial charge in [-0.1, -0.05) is 24.1 Å². The fraction of sp³-hybridized carbons (Fsp3) is 0.333. The molecule has 2 amide bonds. The van der Waals surface area contributed by atoms with Gasteiger partial charge >= 0.3 is 0 Å². The Morgan fingerprint density at radius 2 is 1.42 bits per heavy atom. The maximum Gasteiger partial charge on any atom is 0.255 e. The molecule has 1 heterocycles. The molecule has 1 aliphatic rings. The van der Waals surface area contributed by atoms with Gasteiger partial charge in [0.15, 0.2) is 0 Å². The Balaban J connectivity index is 1.52. The normalized spacial score (nSPS) is 14.7. The van der Waals surface area contributed by atoms with Crippen molar-refractivity contribution in [2.45, 2.75) is 26.2 Å². The first-order valence-corrected chi connectivity index (χ1v) is 9.10. The van der Waals surface area contributed by atoms with E-state index in [1.807, 2.05) is 19.1 Å². The predicted octanol–water partition coefficient (Wildman–Crippen LogP) is 3.67. The molecule has 0 bridgehead atoms. The first-order valence-electron chi connectivity index (χ1n) is 9.10. The van der Waals surface area contributed by atoms with E-state index < -0.39 is 0 Å². The fourth-order valence-electron chi connectivity index (χ4n) is 3.07. The average molecular weight is 351 g/mol. The molecule has 0 saturated carbocycles. The number of hydrogen-bond donors (Lipinski definition) is 2. The molecule has 0 radical (unpaired) electrons. The van der Waals surface area contributed by atoms with E-state index in [4.69, 9.17) is 0 Å². The molecule has 2 aromatic carbocycles. The Morgan fingerprint density at radius 1 is 0.846 bits per heavy atom. The van der Waals surface area contributed by atoms with E-state index in [2.05, 4.69) is 15.5 Å². The van der Waals surface area contributed by atoms with Crippen LogP contribution in [0.25, 0.3) is 0 Å². The molecule has 5 nitrogen and oxygen atoms in total. The molecule has 26 heavy (non-hydrogen) atoms. The van der Waals surface area contributed by atoms with Gasteiger partial charge in [-0.25, -0.2) is 0 Å². The third kappa shape index (κ3) is 5.17. The number of piperidine rings is 1. The summed E-state index contributed by atoms with van der Waals surface area (Å²) in [6.07, 6.45) is 3.60. The van der Waals surface area contributed by atoms with E-state index >= 15 is 0 Å². The largest absolute Gasteiger partial charge is 0.325 e. The summed E-state index contributed by atoms with van der Waals surface area (Å²) < 4.78 is 0. The van der Waals surface area contributed by atoms with E-state index in [9.17, 15) is 9.59 Å². The summed E-state index contributed by atoms with van der Waals surface area (Å²) in [5.74, 6) is -0.143. The van der Waals surface area contributed by atoms with Crippen molar-refractivity contribution >= 4 is 23.2 Å². The van der Waals surface area contributed by atoms with Gasteiger partial charge in [0.05, 0.1) is 6.54 Å². The number of amides is 2. The van der Waals surface area contributed by atoms with Crippen LogP contribution in [0.4, 0.5) is 11.4 Å². The van der Waals surface area contributed by atoms with Crippen molar-refractivity contribution in [3.63, 3.8) is 0 Å². The highest BCUT2D eigenvalue weighted by Gasteiger charge is 2.14. The summed E-state index contributed by atoms with van der Waals surface area (Å²) in [4.78, 5) is 26.5. The standard InChI is InChI=1S/C21H25N3O2/c1-16-5-7-17(8-6-16)21(26)23-19-11-9-18(10-12-19)22-20(25)15-24-13-3-2-4-14-24/h5-12H,2-4,13-15H2,1H3,(H,22,25)(H,23,26). The Hall–Kier alpha value is -2.66. The van der Waals surface area contributed by atoms with Crippen LogP contribution in [-0.2, 0) is 4.79 Å². The molecule has 2 aromatic rings. The van der Waals surface area contributed by atoms with Gasteiger partial charge in [-0.05, 0) is 69.3 Å². The number of carbonyl (C=O) groups excluding carboxylic acids is 2. The lowest BCUT2D eigenvalue weighted by Gasteiger charge is -2.25. The van der Waals surface area contributed by atoms with Crippen LogP contribution in [0.15, 0.2) is 48.5 Å². The van der Waals surface area contributed by atoms with Crippen molar-refractivity contribution in [3.05, 3.63) is 59.7 Å². The summed E-state index contributed by atoms with van der Waals surface area (Å²) in [5.41, 5.74) is 3.17. The van der Waals surface area contributed by atoms with Gasteiger partial charge in [0, 0.05) is 16.9 Å². The van der Waals surface area contributed by atoms with Crippen LogP contribution >= 0.6 is 0 Å². The highest BCUT2D eigenvalue weighted by molar-refractivity contribution is 6.04. The van der Waals surface area contributed by atoms with Crippen LogP contribution in [0.5, 0.6) is 0 Å². The average Bonchev–Trinajstić information content (AvgIpc) is 2.64. The molecule has 1 aliphatic heterocycles. The molecule has 136 valence electrons. The summed E-state index contributed by atoms with van der Waals surface area (Å²) in [6, 6.07) is 14.6. The molecule has 0 unspecified atom stereocenters. The molecule has 3 rings (SSSR count). The minimum atomic E-state index is -0.146. The van der Waals surface area contributed by atoms with Crippen molar-refractivity contribution in [2.75, 3.05) is 30.3 Å². The monoisotopic (exact) mass is 351 g/mol. The first kappa shape index (κ1) is 18.1. The molecule has 0 aromatic heterocycles. The van der Waals surface area contributed by atoms with E-state index in [0.29, 0.717) is 17.8 Å². The number of hydrogen-bond acceptors (Lipinski definition) is 3. The predicted molar refractivity (Wildman–Crippen MR) is 104 cm³/mol.